The van der Waals surface area contributed by atoms with Gasteiger partial charge in [-0.15, -0.1) is 0 Å². The molecule has 3 atom stereocenters. The van der Waals surface area contributed by atoms with Gasteiger partial charge in [0, 0.05) is 12.6 Å². The zero-order chi connectivity index (χ0) is 15.2. The third kappa shape index (κ3) is 4.33. The van der Waals surface area contributed by atoms with Crippen LogP contribution >= 0.6 is 0 Å². The summed E-state index contributed by atoms with van der Waals surface area (Å²) < 4.78 is 0. The van der Waals surface area contributed by atoms with Crippen LogP contribution in [0.5, 0.6) is 0 Å². The number of aliphatic hydroxyl groups is 1. The van der Waals surface area contributed by atoms with Crippen molar-refractivity contribution in [3.63, 3.8) is 0 Å². The zero-order valence-corrected chi connectivity index (χ0v) is 12.5. The molecule has 3 N–H and O–H groups in total. The molecule has 0 aromatic rings. The highest BCUT2D eigenvalue weighted by atomic mass is 16.4. The highest BCUT2D eigenvalue weighted by Crippen LogP contribution is 2.25. The Bertz CT molecular complexity index is 375. The third-order valence-electron chi connectivity index (χ3n) is 4.70. The van der Waals surface area contributed by atoms with Crippen molar-refractivity contribution in [1.82, 2.24) is 10.2 Å². The minimum Gasteiger partial charge on any atom is -0.481 e. The monoisotopic (exact) mass is 298 g/mol. The van der Waals surface area contributed by atoms with E-state index in [2.05, 4.69) is 5.32 Å². The summed E-state index contributed by atoms with van der Waals surface area (Å²) in [7, 11) is 0. The van der Waals surface area contributed by atoms with E-state index in [4.69, 9.17) is 5.11 Å². The first kappa shape index (κ1) is 16.1. The van der Waals surface area contributed by atoms with Gasteiger partial charge in [-0.05, 0) is 32.1 Å². The summed E-state index contributed by atoms with van der Waals surface area (Å²) >= 11 is 0. The van der Waals surface area contributed by atoms with Gasteiger partial charge in [-0.25, -0.2) is 4.79 Å². The molecule has 0 radical (unpaired) electrons. The fraction of sp³-hybridized carbons (Fsp3) is 0.867. The predicted molar refractivity (Wildman–Crippen MR) is 78.0 cm³/mol. The molecule has 3 unspecified atom stereocenters. The maximum Gasteiger partial charge on any atom is 0.317 e. The number of nitrogens with zero attached hydrogens (tertiary/aromatic N) is 1. The first-order valence-electron chi connectivity index (χ1n) is 8.02. The Morgan fingerprint density at radius 1 is 1.10 bits per heavy atom. The highest BCUT2D eigenvalue weighted by Gasteiger charge is 2.30. The number of carboxylic acids is 1. The Kier molecular flexibility index (Phi) is 5.85. The molecule has 1 heterocycles. The van der Waals surface area contributed by atoms with Crippen LogP contribution in [0.1, 0.15) is 51.4 Å². The maximum atomic E-state index is 12.4. The van der Waals surface area contributed by atoms with Gasteiger partial charge in [0.25, 0.3) is 0 Å². The maximum absolute atomic E-state index is 12.4. The molecular weight excluding hydrogens is 272 g/mol. The van der Waals surface area contributed by atoms with Crippen LogP contribution in [0.3, 0.4) is 0 Å². The van der Waals surface area contributed by atoms with Crippen LogP contribution in [0.4, 0.5) is 4.79 Å². The van der Waals surface area contributed by atoms with E-state index in [1.54, 1.807) is 4.90 Å². The normalized spacial score (nSPS) is 30.5. The van der Waals surface area contributed by atoms with E-state index in [9.17, 15) is 14.7 Å². The second kappa shape index (κ2) is 7.64. The first-order chi connectivity index (χ1) is 10.1. The summed E-state index contributed by atoms with van der Waals surface area (Å²) in [5.41, 5.74) is 0. The molecule has 0 spiro atoms. The van der Waals surface area contributed by atoms with Gasteiger partial charge in [-0.2, -0.15) is 0 Å². The third-order valence-corrected chi connectivity index (χ3v) is 4.70. The molecule has 1 aliphatic heterocycles. The van der Waals surface area contributed by atoms with E-state index in [0.717, 1.165) is 38.5 Å². The molecule has 21 heavy (non-hydrogen) atoms. The van der Waals surface area contributed by atoms with Gasteiger partial charge < -0.3 is 20.4 Å². The van der Waals surface area contributed by atoms with Gasteiger partial charge in [0.1, 0.15) is 0 Å². The Labute approximate surface area is 125 Å². The fourth-order valence-corrected chi connectivity index (χ4v) is 3.44. The van der Waals surface area contributed by atoms with Gasteiger partial charge in [0.15, 0.2) is 0 Å². The highest BCUT2D eigenvalue weighted by molar-refractivity contribution is 5.75. The van der Waals surface area contributed by atoms with Crippen molar-refractivity contribution in [2.75, 3.05) is 13.2 Å². The van der Waals surface area contributed by atoms with E-state index in [1.165, 1.54) is 0 Å². The summed E-state index contributed by atoms with van der Waals surface area (Å²) in [5.74, 6) is -1.11. The molecule has 1 saturated carbocycles. The molecule has 2 rings (SSSR count). The number of carbonyl (C=O) groups is 2. The van der Waals surface area contributed by atoms with Gasteiger partial charge in [-0.1, -0.05) is 19.3 Å². The lowest BCUT2D eigenvalue weighted by Gasteiger charge is -2.33. The molecule has 2 fully saturated rings. The van der Waals surface area contributed by atoms with E-state index in [-0.39, 0.29) is 30.6 Å². The van der Waals surface area contributed by atoms with Crippen LogP contribution in [0.15, 0.2) is 0 Å². The Morgan fingerprint density at radius 2 is 1.90 bits per heavy atom. The summed E-state index contributed by atoms with van der Waals surface area (Å²) in [6, 6.07) is -0.312. The van der Waals surface area contributed by atoms with Crippen molar-refractivity contribution in [2.24, 2.45) is 5.92 Å². The summed E-state index contributed by atoms with van der Waals surface area (Å²) in [6.07, 6.45) is 6.82. The number of amides is 2. The van der Waals surface area contributed by atoms with Gasteiger partial charge in [-0.3, -0.25) is 4.79 Å². The molecule has 0 bridgehead atoms. The van der Waals surface area contributed by atoms with Crippen LogP contribution in [0.25, 0.3) is 0 Å². The van der Waals surface area contributed by atoms with Crippen LogP contribution < -0.4 is 5.32 Å². The molecule has 6 heteroatoms. The van der Waals surface area contributed by atoms with Crippen LogP contribution in [0.2, 0.25) is 0 Å². The topological polar surface area (TPSA) is 89.9 Å². The number of aliphatic hydroxyl groups excluding tert-OH is 1. The lowest BCUT2D eigenvalue weighted by molar-refractivity contribution is -0.143. The second-order valence-electron chi connectivity index (χ2n) is 6.23. The van der Waals surface area contributed by atoms with Crippen molar-refractivity contribution in [1.29, 1.82) is 0 Å². The number of nitrogens with one attached hydrogen (secondary N) is 1. The fourth-order valence-electron chi connectivity index (χ4n) is 3.44. The standard InChI is InChI=1S/C15H26N2O4/c18-10-13-7-2-1-3-8-17(13)15(21)16-12-6-4-5-11(9-12)14(19)20/h11-13,18H,1-10H2,(H,16,21)(H,19,20). The lowest BCUT2D eigenvalue weighted by atomic mass is 9.86. The van der Waals surface area contributed by atoms with Crippen molar-refractivity contribution >= 4 is 12.0 Å². The summed E-state index contributed by atoms with van der Waals surface area (Å²) in [6.45, 7) is 0.669. The van der Waals surface area contributed by atoms with Crippen molar-refractivity contribution in [2.45, 2.75) is 63.5 Å². The largest absolute Gasteiger partial charge is 0.481 e. The molecular formula is C15H26N2O4. The minimum absolute atomic E-state index is 0.00413. The Morgan fingerprint density at radius 3 is 2.62 bits per heavy atom. The predicted octanol–water partition coefficient (Wildman–Crippen LogP) is 1.58. The lowest BCUT2D eigenvalue weighted by Crippen LogP contribution is -2.51. The van der Waals surface area contributed by atoms with Gasteiger partial charge in [0.2, 0.25) is 0 Å². The first-order valence-corrected chi connectivity index (χ1v) is 8.02. The summed E-state index contributed by atoms with van der Waals surface area (Å²) in [4.78, 5) is 25.2. The van der Waals surface area contributed by atoms with E-state index < -0.39 is 5.97 Å². The molecule has 2 amide bonds. The zero-order valence-electron chi connectivity index (χ0n) is 12.5. The molecule has 2 aliphatic rings. The molecule has 6 nitrogen and oxygen atoms in total. The Hall–Kier alpha value is -1.30. The molecule has 0 aromatic heterocycles. The number of hydrogen-bond acceptors (Lipinski definition) is 3. The quantitative estimate of drug-likeness (QED) is 0.738. The molecule has 0 aromatic carbocycles. The smallest absolute Gasteiger partial charge is 0.317 e. The van der Waals surface area contributed by atoms with E-state index in [0.29, 0.717) is 19.4 Å². The van der Waals surface area contributed by atoms with Crippen molar-refractivity contribution in [3.8, 4) is 0 Å². The van der Waals surface area contributed by atoms with Crippen molar-refractivity contribution in [3.05, 3.63) is 0 Å². The molecule has 120 valence electrons. The van der Waals surface area contributed by atoms with Crippen LogP contribution in [0, 0.1) is 5.92 Å². The van der Waals surface area contributed by atoms with Gasteiger partial charge >= 0.3 is 12.0 Å². The number of hydrogen-bond donors (Lipinski definition) is 3. The molecule has 1 aliphatic carbocycles. The number of rotatable bonds is 3. The van der Waals surface area contributed by atoms with E-state index in [1.807, 2.05) is 0 Å². The number of carbonyl (C=O) groups excluding carboxylic acids is 1. The number of urea groups is 1. The van der Waals surface area contributed by atoms with Crippen LogP contribution in [-0.4, -0.2) is 52.3 Å². The SMILES string of the molecule is O=C(O)C1CCCC(NC(=O)N2CCCCCC2CO)C1. The van der Waals surface area contributed by atoms with E-state index >= 15 is 0 Å². The summed E-state index contributed by atoms with van der Waals surface area (Å²) in [5, 5.41) is 21.5. The van der Waals surface area contributed by atoms with Gasteiger partial charge in [0.05, 0.1) is 18.6 Å². The number of carboxylic acid groups (broad SMARTS) is 1. The van der Waals surface area contributed by atoms with Crippen LogP contribution in [-0.2, 0) is 4.79 Å². The number of aliphatic carboxylic acids is 1. The average Bonchev–Trinajstić information content (AvgIpc) is 2.72. The molecule has 1 saturated heterocycles. The Balaban J connectivity index is 1.91. The van der Waals surface area contributed by atoms with Crippen molar-refractivity contribution < 1.29 is 19.8 Å². The number of likely N-dealkylation sites (tertiary alicyclic amines) is 1. The second-order valence-corrected chi connectivity index (χ2v) is 6.23. The minimum atomic E-state index is -0.767. The average molecular weight is 298 g/mol.